The van der Waals surface area contributed by atoms with Gasteiger partial charge in [-0.25, -0.2) is 0 Å². The van der Waals surface area contributed by atoms with Crippen molar-refractivity contribution < 1.29 is 0 Å². The second-order valence-electron chi connectivity index (χ2n) is 6.68. The fraction of sp³-hybridized carbons (Fsp3) is 1.00. The van der Waals surface area contributed by atoms with E-state index in [9.17, 15) is 0 Å². The van der Waals surface area contributed by atoms with Crippen molar-refractivity contribution in [1.29, 1.82) is 0 Å². The lowest BCUT2D eigenvalue weighted by Gasteiger charge is -2.29. The van der Waals surface area contributed by atoms with Crippen molar-refractivity contribution in [2.75, 3.05) is 18.8 Å². The summed E-state index contributed by atoms with van der Waals surface area (Å²) in [5, 5.41) is 0. The van der Waals surface area contributed by atoms with Gasteiger partial charge < -0.3 is 12.2 Å². The molecule has 0 rings (SSSR count). The molecule has 1 unspecified atom stereocenters. The van der Waals surface area contributed by atoms with Crippen LogP contribution in [0.25, 0.3) is 0 Å². The van der Waals surface area contributed by atoms with Crippen LogP contribution in [0, 0.1) is 0 Å². The van der Waals surface area contributed by atoms with Crippen LogP contribution in [-0.4, -0.2) is 35.3 Å². The van der Waals surface area contributed by atoms with Gasteiger partial charge in [-0.15, -0.1) is 6.46 Å². The van der Waals surface area contributed by atoms with Gasteiger partial charge in [0.25, 0.3) is 0 Å². The van der Waals surface area contributed by atoms with Crippen molar-refractivity contribution in [2.24, 2.45) is 4.03 Å². The molecule has 0 saturated carbocycles. The quantitative estimate of drug-likeness (QED) is 0.476. The minimum absolute atomic E-state index is 0.0108. The summed E-state index contributed by atoms with van der Waals surface area (Å²) in [6.45, 7) is 17.2. The zero-order chi connectivity index (χ0) is 13.2. The summed E-state index contributed by atoms with van der Waals surface area (Å²) < 4.78 is 8.80. The van der Waals surface area contributed by atoms with E-state index in [2.05, 4.69) is 57.0 Å². The second kappa shape index (κ2) is 5.98. The van der Waals surface area contributed by atoms with Gasteiger partial charge in [-0.1, -0.05) is 19.6 Å². The molecule has 0 bridgehead atoms. The molecule has 2 nitrogen and oxygen atoms in total. The van der Waals surface area contributed by atoms with Crippen LogP contribution in [0.4, 0.5) is 0 Å². The lowest BCUT2D eigenvalue weighted by atomic mass is 11.8. The van der Waals surface area contributed by atoms with E-state index in [0.29, 0.717) is 0 Å². The van der Waals surface area contributed by atoms with Crippen LogP contribution in [-0.2, 0) is 23.1 Å². The highest BCUT2D eigenvalue weighted by molar-refractivity contribution is 8.44. The summed E-state index contributed by atoms with van der Waals surface area (Å²) in [5.41, 5.74) is 1.09. The summed E-state index contributed by atoms with van der Waals surface area (Å²) in [6, 6.07) is 0. The fourth-order valence-corrected chi connectivity index (χ4v) is 12.0. The summed E-state index contributed by atoms with van der Waals surface area (Å²) in [6.07, 6.45) is 0. The van der Waals surface area contributed by atoms with Gasteiger partial charge in [0.05, 0.1) is 0 Å². The van der Waals surface area contributed by atoms with Gasteiger partial charge in [0.1, 0.15) is 13.7 Å². The molecule has 0 radical (unpaired) electrons. The molecule has 0 aromatic rings. The first kappa shape index (κ1) is 17.3. The van der Waals surface area contributed by atoms with Crippen molar-refractivity contribution in [3.63, 3.8) is 0 Å². The SMILES string of the molecule is C[Si](C)(C)N=S(C[P+](C)(C)[S-])N[Si](C)(C)C. The molecule has 0 aliphatic heterocycles. The number of nitrogens with one attached hydrogen (secondary N) is 1. The lowest BCUT2D eigenvalue weighted by molar-refractivity contribution is 1.42. The third-order valence-corrected chi connectivity index (χ3v) is 12.1. The average molecular weight is 315 g/mol. The summed E-state index contributed by atoms with van der Waals surface area (Å²) in [4.78, 5) is 0. The van der Waals surface area contributed by atoms with Crippen LogP contribution < -0.4 is 4.39 Å². The fourth-order valence-electron chi connectivity index (χ4n) is 1.06. The highest BCUT2D eigenvalue weighted by Crippen LogP contribution is 2.48. The van der Waals surface area contributed by atoms with E-state index in [1.165, 1.54) is 0 Å². The number of hydrogen-bond donors (Lipinski definition) is 1. The standard InChI is InChI=1S/C9H27N2PS2Si2/c1-12(2,13)9-14(10-15(3,4)5)11-16(6,7)8/h9H2,1-8H3,(H,10,11). The zero-order valence-electron chi connectivity index (χ0n) is 11.9. The molecule has 7 heteroatoms. The van der Waals surface area contributed by atoms with E-state index in [1.807, 2.05) is 0 Å². The Bertz CT molecular complexity index is 246. The van der Waals surface area contributed by atoms with Crippen molar-refractivity contribution >= 4 is 46.1 Å². The topological polar surface area (TPSA) is 24.4 Å². The van der Waals surface area contributed by atoms with Crippen molar-refractivity contribution in [2.45, 2.75) is 39.3 Å². The van der Waals surface area contributed by atoms with Crippen molar-refractivity contribution in [1.82, 2.24) is 4.39 Å². The van der Waals surface area contributed by atoms with E-state index in [4.69, 9.17) is 16.3 Å². The molecule has 1 N–H and O–H groups in total. The Morgan fingerprint density at radius 1 is 1.12 bits per heavy atom. The maximum absolute atomic E-state index is 5.59. The molecular weight excluding hydrogens is 287 g/mol. The first-order chi connectivity index (χ1) is 6.79. The molecule has 0 fully saturated rings. The predicted octanol–water partition coefficient (Wildman–Crippen LogP) is 3.66. The second-order valence-corrected chi connectivity index (χ2v) is 24.9. The summed E-state index contributed by atoms with van der Waals surface area (Å²) in [5.74, 6) is 0. The van der Waals surface area contributed by atoms with Gasteiger partial charge in [0.2, 0.25) is 0 Å². The van der Waals surface area contributed by atoms with Gasteiger partial charge in [-0.05, 0) is 30.5 Å². The monoisotopic (exact) mass is 314 g/mol. The highest BCUT2D eigenvalue weighted by atomic mass is 32.7. The Kier molecular flexibility index (Phi) is 6.47. The Morgan fingerprint density at radius 3 is 1.81 bits per heavy atom. The van der Waals surface area contributed by atoms with Gasteiger partial charge in [-0.2, -0.15) is 0 Å². The first-order valence-corrected chi connectivity index (χ1v) is 17.7. The summed E-state index contributed by atoms with van der Waals surface area (Å²) >= 11 is 5.59. The Balaban J connectivity index is 4.87. The van der Waals surface area contributed by atoms with E-state index in [-0.39, 0.29) is 10.9 Å². The molecule has 0 aromatic carbocycles. The minimum atomic E-state index is -1.35. The minimum Gasteiger partial charge on any atom is -0.556 e. The Labute approximate surface area is 112 Å². The maximum Gasteiger partial charge on any atom is 0.183 e. The maximum atomic E-state index is 5.59. The molecule has 0 aliphatic carbocycles. The van der Waals surface area contributed by atoms with Crippen LogP contribution in [0.2, 0.25) is 39.3 Å². The van der Waals surface area contributed by atoms with Crippen LogP contribution in [0.15, 0.2) is 4.03 Å². The third kappa shape index (κ3) is 11.8. The molecule has 0 saturated heterocycles. The van der Waals surface area contributed by atoms with Gasteiger partial charge >= 0.3 is 0 Å². The number of hydrogen-bond acceptors (Lipinski definition) is 2. The van der Waals surface area contributed by atoms with Crippen molar-refractivity contribution in [3.8, 4) is 0 Å². The zero-order valence-corrected chi connectivity index (χ0v) is 16.4. The highest BCUT2D eigenvalue weighted by Gasteiger charge is 2.22. The number of nitrogens with zero attached hydrogens (tertiary/aromatic N) is 1. The van der Waals surface area contributed by atoms with Crippen LogP contribution >= 0.6 is 6.46 Å². The molecule has 0 amide bonds. The lowest BCUT2D eigenvalue weighted by Crippen LogP contribution is -2.44. The summed E-state index contributed by atoms with van der Waals surface area (Å²) in [7, 11) is -2.60. The number of rotatable bonds is 5. The molecule has 0 aliphatic rings. The molecular formula is C9H27N2PS2Si2. The third-order valence-electron chi connectivity index (χ3n) is 1.24. The molecule has 1 atom stereocenters. The van der Waals surface area contributed by atoms with E-state index < -0.39 is 22.9 Å². The van der Waals surface area contributed by atoms with E-state index in [0.717, 1.165) is 5.49 Å². The molecule has 0 heterocycles. The van der Waals surface area contributed by atoms with Gasteiger partial charge in [0, 0.05) is 13.3 Å². The Morgan fingerprint density at radius 2 is 1.56 bits per heavy atom. The molecule has 0 spiro atoms. The predicted molar refractivity (Wildman–Crippen MR) is 90.6 cm³/mol. The van der Waals surface area contributed by atoms with Gasteiger partial charge in [0.15, 0.2) is 8.24 Å². The molecule has 16 heavy (non-hydrogen) atoms. The normalized spacial score (nSPS) is 16.6. The average Bonchev–Trinajstić information content (AvgIpc) is 1.70. The van der Waals surface area contributed by atoms with E-state index in [1.54, 1.807) is 0 Å². The van der Waals surface area contributed by atoms with Crippen molar-refractivity contribution in [3.05, 3.63) is 0 Å². The smallest absolute Gasteiger partial charge is 0.183 e. The van der Waals surface area contributed by atoms with Crippen LogP contribution in [0.5, 0.6) is 0 Å². The Hall–Kier alpha value is 1.32. The van der Waals surface area contributed by atoms with E-state index >= 15 is 0 Å². The first-order valence-electron chi connectivity index (χ1n) is 5.54. The molecule has 0 aromatic heterocycles. The van der Waals surface area contributed by atoms with Crippen LogP contribution in [0.1, 0.15) is 0 Å². The largest absolute Gasteiger partial charge is 0.556 e. The molecule has 98 valence electrons. The van der Waals surface area contributed by atoms with Gasteiger partial charge in [-0.3, -0.25) is 8.42 Å². The van der Waals surface area contributed by atoms with Crippen LogP contribution in [0.3, 0.4) is 0 Å².